The van der Waals surface area contributed by atoms with Gasteiger partial charge in [-0.3, -0.25) is 14.5 Å². The molecule has 0 aliphatic carbocycles. The number of nitrogens with zero attached hydrogens (tertiary/aromatic N) is 2. The van der Waals surface area contributed by atoms with Gasteiger partial charge in [0.15, 0.2) is 16.7 Å². The van der Waals surface area contributed by atoms with Gasteiger partial charge in [-0.1, -0.05) is 59.4 Å². The van der Waals surface area contributed by atoms with Crippen LogP contribution in [0.5, 0.6) is 0 Å². The average molecular weight is 495 g/mol. The molecule has 1 unspecified atom stereocenters. The Bertz CT molecular complexity index is 1670. The number of ketones is 1. The van der Waals surface area contributed by atoms with Crippen LogP contribution >= 0.6 is 11.3 Å². The van der Waals surface area contributed by atoms with Crippen molar-refractivity contribution in [1.82, 2.24) is 4.98 Å². The molecular formula is C29H22N2O4S. The quantitative estimate of drug-likeness (QED) is 0.279. The third-order valence-electron chi connectivity index (χ3n) is 6.66. The second-order valence-corrected chi connectivity index (χ2v) is 10.1. The molecule has 178 valence electrons. The van der Waals surface area contributed by atoms with Crippen LogP contribution in [0, 0.1) is 20.8 Å². The third-order valence-corrected chi connectivity index (χ3v) is 7.68. The summed E-state index contributed by atoms with van der Waals surface area (Å²) < 4.78 is 6.74. The van der Waals surface area contributed by atoms with Gasteiger partial charge < -0.3 is 9.52 Å². The number of furan rings is 1. The first-order valence-corrected chi connectivity index (χ1v) is 12.4. The van der Waals surface area contributed by atoms with Crippen LogP contribution in [0.3, 0.4) is 0 Å². The number of aromatic nitrogens is 1. The maximum atomic E-state index is 13.8. The highest BCUT2D eigenvalue weighted by molar-refractivity contribution is 7.22. The van der Waals surface area contributed by atoms with E-state index in [0.717, 1.165) is 32.3 Å². The molecule has 0 radical (unpaired) electrons. The van der Waals surface area contributed by atoms with E-state index >= 15 is 0 Å². The zero-order valence-electron chi connectivity index (χ0n) is 19.9. The fourth-order valence-electron chi connectivity index (χ4n) is 4.69. The lowest BCUT2D eigenvalue weighted by Crippen LogP contribution is -2.31. The molecule has 7 heteroatoms. The molecule has 1 N–H and O–H groups in total. The normalized spacial score (nSPS) is 16.0. The van der Waals surface area contributed by atoms with E-state index in [1.165, 1.54) is 16.2 Å². The van der Waals surface area contributed by atoms with Gasteiger partial charge in [-0.05, 0) is 61.7 Å². The van der Waals surface area contributed by atoms with Crippen molar-refractivity contribution in [2.75, 3.05) is 4.90 Å². The molecule has 3 heterocycles. The van der Waals surface area contributed by atoms with Crippen molar-refractivity contribution in [3.8, 4) is 0 Å². The summed E-state index contributed by atoms with van der Waals surface area (Å²) in [5, 5.41) is 12.3. The van der Waals surface area contributed by atoms with Gasteiger partial charge in [0.25, 0.3) is 5.91 Å². The minimum Gasteiger partial charge on any atom is -0.503 e. The number of carbonyl (C=O) groups excluding carboxylic acids is 2. The number of fused-ring (bicyclic) bond motifs is 2. The number of benzene rings is 3. The summed E-state index contributed by atoms with van der Waals surface area (Å²) in [6.45, 7) is 5.99. The second-order valence-electron chi connectivity index (χ2n) is 9.13. The molecule has 36 heavy (non-hydrogen) atoms. The summed E-state index contributed by atoms with van der Waals surface area (Å²) in [5.41, 5.74) is 5.22. The van der Waals surface area contributed by atoms with Crippen molar-refractivity contribution in [2.24, 2.45) is 0 Å². The van der Waals surface area contributed by atoms with E-state index < -0.39 is 23.5 Å². The number of carbonyl (C=O) groups is 2. The Hall–Kier alpha value is -4.23. The Labute approximate surface area is 211 Å². The number of amides is 1. The number of rotatable bonds is 4. The fraction of sp³-hybridized carbons (Fsp3) is 0.138. The minimum atomic E-state index is -0.846. The molecule has 1 atom stereocenters. The molecule has 0 saturated carbocycles. The lowest BCUT2D eigenvalue weighted by Gasteiger charge is -2.24. The lowest BCUT2D eigenvalue weighted by molar-refractivity contribution is -0.117. The number of thiazole rings is 1. The lowest BCUT2D eigenvalue weighted by atomic mass is 9.94. The first-order chi connectivity index (χ1) is 17.3. The Morgan fingerprint density at radius 3 is 2.56 bits per heavy atom. The average Bonchev–Trinajstić information content (AvgIpc) is 3.53. The van der Waals surface area contributed by atoms with Gasteiger partial charge in [0.05, 0.1) is 21.8 Å². The number of aliphatic hydroxyl groups is 1. The molecule has 6 rings (SSSR count). The van der Waals surface area contributed by atoms with E-state index in [1.807, 2.05) is 75.4 Å². The predicted molar refractivity (Wildman–Crippen MR) is 141 cm³/mol. The zero-order valence-corrected chi connectivity index (χ0v) is 20.7. The maximum Gasteiger partial charge on any atom is 0.296 e. The molecule has 5 aromatic rings. The molecule has 0 fully saturated rings. The number of aryl methyl sites for hydroxylation is 3. The predicted octanol–water partition coefficient (Wildman–Crippen LogP) is 6.75. The van der Waals surface area contributed by atoms with Crippen LogP contribution in [0.1, 0.15) is 38.9 Å². The van der Waals surface area contributed by atoms with Gasteiger partial charge in [0.2, 0.25) is 5.78 Å². The largest absolute Gasteiger partial charge is 0.503 e. The molecule has 0 saturated heterocycles. The molecule has 0 spiro atoms. The molecule has 1 amide bonds. The van der Waals surface area contributed by atoms with Crippen LogP contribution in [-0.2, 0) is 4.79 Å². The topological polar surface area (TPSA) is 83.6 Å². The Morgan fingerprint density at radius 2 is 1.78 bits per heavy atom. The second kappa shape index (κ2) is 8.17. The first kappa shape index (κ1) is 22.2. The smallest absolute Gasteiger partial charge is 0.296 e. The first-order valence-electron chi connectivity index (χ1n) is 11.6. The summed E-state index contributed by atoms with van der Waals surface area (Å²) >= 11 is 1.36. The van der Waals surface area contributed by atoms with E-state index in [9.17, 15) is 14.7 Å². The summed E-state index contributed by atoms with van der Waals surface area (Å²) in [4.78, 5) is 33.4. The minimum absolute atomic E-state index is 0.0173. The Morgan fingerprint density at radius 1 is 1.00 bits per heavy atom. The highest BCUT2D eigenvalue weighted by atomic mass is 32.1. The van der Waals surface area contributed by atoms with Crippen molar-refractivity contribution in [1.29, 1.82) is 0 Å². The number of anilines is 1. The van der Waals surface area contributed by atoms with E-state index in [0.29, 0.717) is 16.3 Å². The fourth-order valence-corrected chi connectivity index (χ4v) is 5.76. The monoisotopic (exact) mass is 494 g/mol. The van der Waals surface area contributed by atoms with E-state index in [-0.39, 0.29) is 11.3 Å². The standard InChI is InChI=1S/C29H22N2O4S/c1-15-7-6-9-19(11-15)25-24(26(32)22-14-18-8-4-5-10-21(18)35-22)27(33)28(34)31(25)29-30-20-12-16(2)17(3)13-23(20)36-29/h4-14,25,33H,1-3H3. The Balaban J connectivity index is 1.52. The highest BCUT2D eigenvalue weighted by Crippen LogP contribution is 2.44. The van der Waals surface area contributed by atoms with Crippen LogP contribution in [-0.4, -0.2) is 21.8 Å². The van der Waals surface area contributed by atoms with Crippen LogP contribution in [0.15, 0.2) is 82.5 Å². The molecule has 3 aromatic carbocycles. The van der Waals surface area contributed by atoms with Crippen LogP contribution < -0.4 is 4.90 Å². The van der Waals surface area contributed by atoms with Gasteiger partial charge in [0.1, 0.15) is 5.58 Å². The van der Waals surface area contributed by atoms with Crippen molar-refractivity contribution in [3.05, 3.63) is 106 Å². The SMILES string of the molecule is Cc1cccc(C2C(C(=O)c3cc4ccccc4o3)=C(O)C(=O)N2c2nc3cc(C)c(C)cc3s2)c1. The van der Waals surface area contributed by atoms with Crippen molar-refractivity contribution in [3.63, 3.8) is 0 Å². The van der Waals surface area contributed by atoms with Crippen LogP contribution in [0.4, 0.5) is 5.13 Å². The summed E-state index contributed by atoms with van der Waals surface area (Å²) in [5.74, 6) is -1.70. The maximum absolute atomic E-state index is 13.8. The van der Waals surface area contributed by atoms with Crippen LogP contribution in [0.25, 0.3) is 21.2 Å². The van der Waals surface area contributed by atoms with Crippen LogP contribution in [0.2, 0.25) is 0 Å². The number of hydrogen-bond acceptors (Lipinski definition) is 6. The summed E-state index contributed by atoms with van der Waals surface area (Å²) in [6, 6.07) is 19.7. The summed E-state index contributed by atoms with van der Waals surface area (Å²) in [6.07, 6.45) is 0. The summed E-state index contributed by atoms with van der Waals surface area (Å²) in [7, 11) is 0. The number of para-hydroxylation sites is 1. The van der Waals surface area contributed by atoms with Crippen molar-refractivity contribution < 1.29 is 19.1 Å². The molecule has 2 aromatic heterocycles. The van der Waals surface area contributed by atoms with E-state index in [4.69, 9.17) is 9.40 Å². The van der Waals surface area contributed by atoms with Gasteiger partial charge in [-0.2, -0.15) is 0 Å². The number of aliphatic hydroxyl groups excluding tert-OH is 1. The Kier molecular flexibility index (Phi) is 5.05. The van der Waals surface area contributed by atoms with E-state index in [2.05, 4.69) is 0 Å². The molecular weight excluding hydrogens is 472 g/mol. The van der Waals surface area contributed by atoms with Gasteiger partial charge in [0, 0.05) is 5.39 Å². The van der Waals surface area contributed by atoms with Gasteiger partial charge in [-0.25, -0.2) is 4.98 Å². The molecule has 0 bridgehead atoms. The van der Waals surface area contributed by atoms with Crippen molar-refractivity contribution in [2.45, 2.75) is 26.8 Å². The highest BCUT2D eigenvalue weighted by Gasteiger charge is 2.46. The van der Waals surface area contributed by atoms with Gasteiger partial charge >= 0.3 is 0 Å². The number of Topliss-reactive ketones (excluding diaryl/α,β-unsaturated/α-hetero) is 1. The zero-order chi connectivity index (χ0) is 25.1. The molecule has 1 aliphatic heterocycles. The van der Waals surface area contributed by atoms with Crippen molar-refractivity contribution >= 4 is 49.3 Å². The van der Waals surface area contributed by atoms with E-state index in [1.54, 1.807) is 12.1 Å². The molecule has 1 aliphatic rings. The number of hydrogen-bond donors (Lipinski definition) is 1. The molecule has 6 nitrogen and oxygen atoms in total. The van der Waals surface area contributed by atoms with Gasteiger partial charge in [-0.15, -0.1) is 0 Å². The third kappa shape index (κ3) is 3.43.